The first-order valence-corrected chi connectivity index (χ1v) is 12.1. The summed E-state index contributed by atoms with van der Waals surface area (Å²) >= 11 is 1.61. The number of aromatic amines is 1. The van der Waals surface area contributed by atoms with E-state index >= 15 is 0 Å². The molecule has 0 radical (unpaired) electrons. The van der Waals surface area contributed by atoms with Gasteiger partial charge in [0.25, 0.3) is 0 Å². The summed E-state index contributed by atoms with van der Waals surface area (Å²) in [6.07, 6.45) is -4.00. The van der Waals surface area contributed by atoms with E-state index in [4.69, 9.17) is 0 Å². The molecule has 1 aliphatic rings. The zero-order valence-corrected chi connectivity index (χ0v) is 19.8. The molecule has 186 valence electrons. The number of H-pyrrole nitrogens is 1. The first-order chi connectivity index (χ1) is 17.7. The summed E-state index contributed by atoms with van der Waals surface area (Å²) in [5, 5.41) is 18.0. The topological polar surface area (TPSA) is 83.6 Å². The quantitative estimate of drug-likeness (QED) is 0.255. The molecule has 2 aromatic heterocycles. The van der Waals surface area contributed by atoms with Gasteiger partial charge < -0.3 is 5.32 Å². The van der Waals surface area contributed by atoms with E-state index < -0.39 is 28.9 Å². The van der Waals surface area contributed by atoms with Crippen LogP contribution in [0.25, 0.3) is 31.9 Å². The molecule has 0 aliphatic heterocycles. The molecule has 1 saturated carbocycles. The van der Waals surface area contributed by atoms with Crippen LogP contribution in [0.15, 0.2) is 66.7 Å². The maximum Gasteiger partial charge on any atom is 0.416 e. The molecule has 0 spiro atoms. The molecule has 0 unspecified atom stereocenters. The van der Waals surface area contributed by atoms with E-state index in [2.05, 4.69) is 32.0 Å². The van der Waals surface area contributed by atoms with Crippen LogP contribution < -0.4 is 5.32 Å². The normalized spacial score (nSPS) is 14.6. The Morgan fingerprint density at radius 1 is 1.00 bits per heavy atom. The van der Waals surface area contributed by atoms with E-state index in [9.17, 15) is 22.4 Å². The van der Waals surface area contributed by atoms with Gasteiger partial charge >= 0.3 is 6.18 Å². The van der Waals surface area contributed by atoms with Crippen LogP contribution in [-0.4, -0.2) is 26.5 Å². The lowest BCUT2D eigenvalue weighted by Crippen LogP contribution is -2.29. The first kappa shape index (κ1) is 23.3. The minimum atomic E-state index is -4.67. The van der Waals surface area contributed by atoms with Gasteiger partial charge in [0.05, 0.1) is 11.0 Å². The van der Waals surface area contributed by atoms with Crippen molar-refractivity contribution < 1.29 is 22.4 Å². The average molecular weight is 524 g/mol. The van der Waals surface area contributed by atoms with Crippen LogP contribution in [0.2, 0.25) is 0 Å². The van der Waals surface area contributed by atoms with E-state index in [0.717, 1.165) is 32.7 Å². The van der Waals surface area contributed by atoms with Crippen LogP contribution in [0.1, 0.15) is 24.0 Å². The third-order valence-corrected chi connectivity index (χ3v) is 7.71. The Labute approximate surface area is 211 Å². The van der Waals surface area contributed by atoms with Crippen LogP contribution in [0, 0.1) is 5.82 Å². The zero-order chi connectivity index (χ0) is 25.8. The highest BCUT2D eigenvalue weighted by Crippen LogP contribution is 2.50. The number of carbonyl (C=O) groups excluding carboxylic acids is 1. The Bertz CT molecular complexity index is 1610. The van der Waals surface area contributed by atoms with Gasteiger partial charge in [-0.15, -0.1) is 16.4 Å². The van der Waals surface area contributed by atoms with Crippen LogP contribution in [0.5, 0.6) is 0 Å². The number of thiophene rings is 1. The van der Waals surface area contributed by atoms with E-state index in [1.807, 2.05) is 30.3 Å². The highest BCUT2D eigenvalue weighted by atomic mass is 32.1. The van der Waals surface area contributed by atoms with Gasteiger partial charge in [-0.3, -0.25) is 4.79 Å². The number of fused-ring (bicyclic) bond motifs is 1. The molecule has 0 atom stereocenters. The summed E-state index contributed by atoms with van der Waals surface area (Å²) in [7, 11) is 0. The fourth-order valence-electron chi connectivity index (χ4n) is 4.49. The molecule has 6 nitrogen and oxygen atoms in total. The van der Waals surface area contributed by atoms with Crippen LogP contribution in [-0.2, 0) is 16.4 Å². The molecule has 37 heavy (non-hydrogen) atoms. The number of carbonyl (C=O) groups is 1. The maximum absolute atomic E-state index is 14.7. The van der Waals surface area contributed by atoms with E-state index in [1.165, 1.54) is 0 Å². The number of benzene rings is 3. The Hall–Kier alpha value is -4.12. The molecule has 5 aromatic rings. The average Bonchev–Trinajstić information content (AvgIpc) is 3.29. The maximum atomic E-state index is 14.7. The number of tetrazole rings is 1. The number of hydrogen-bond donors (Lipinski definition) is 2. The van der Waals surface area contributed by atoms with Crippen molar-refractivity contribution in [3.63, 3.8) is 0 Å². The van der Waals surface area contributed by atoms with Crippen molar-refractivity contribution in [1.82, 2.24) is 20.6 Å². The molecule has 0 bridgehead atoms. The van der Waals surface area contributed by atoms with Crippen molar-refractivity contribution >= 4 is 33.0 Å². The van der Waals surface area contributed by atoms with Gasteiger partial charge in [-0.05, 0) is 65.1 Å². The van der Waals surface area contributed by atoms with Gasteiger partial charge in [0.2, 0.25) is 5.91 Å². The number of rotatable bonds is 5. The molecular formula is C26H17F4N5OS. The van der Waals surface area contributed by atoms with Crippen molar-refractivity contribution in [2.24, 2.45) is 0 Å². The highest BCUT2D eigenvalue weighted by molar-refractivity contribution is 7.22. The minimum absolute atomic E-state index is 0.0421. The van der Waals surface area contributed by atoms with Gasteiger partial charge in [-0.1, -0.05) is 30.3 Å². The lowest BCUT2D eigenvalue weighted by molar-refractivity contribution is -0.137. The lowest BCUT2D eigenvalue weighted by atomic mass is 9.93. The standard InChI is InChI=1S/C26H17F4N5OS/c27-20-12-15(26(28,29)30)5-8-19(20)25(9-10-25)24(36)31-16-6-7-17(18(13-16)23-32-34-35-33-23)22-11-14-3-1-2-4-21(14)37-22/h1-8,11-13H,9-10H2,(H,31,36)(H,32,33,34,35). The summed E-state index contributed by atoms with van der Waals surface area (Å²) in [5.74, 6) is -1.13. The third kappa shape index (κ3) is 4.14. The highest BCUT2D eigenvalue weighted by Gasteiger charge is 2.53. The number of amides is 1. The fraction of sp³-hybridized carbons (Fsp3) is 0.154. The number of hydrogen-bond acceptors (Lipinski definition) is 5. The Morgan fingerprint density at radius 3 is 2.49 bits per heavy atom. The number of nitrogens with zero attached hydrogens (tertiary/aromatic N) is 3. The van der Waals surface area contributed by atoms with Gasteiger partial charge in [0, 0.05) is 32.0 Å². The number of halogens is 4. The van der Waals surface area contributed by atoms with Crippen molar-refractivity contribution in [2.45, 2.75) is 24.4 Å². The van der Waals surface area contributed by atoms with Crippen LogP contribution in [0.3, 0.4) is 0 Å². The molecule has 2 N–H and O–H groups in total. The Kier molecular flexibility index (Phi) is 5.34. The monoisotopic (exact) mass is 523 g/mol. The molecule has 0 saturated heterocycles. The smallest absolute Gasteiger partial charge is 0.325 e. The van der Waals surface area contributed by atoms with Gasteiger partial charge in [0.1, 0.15) is 5.82 Å². The van der Waals surface area contributed by atoms with Crippen LogP contribution in [0.4, 0.5) is 23.2 Å². The minimum Gasteiger partial charge on any atom is -0.325 e. The molecule has 1 aliphatic carbocycles. The summed E-state index contributed by atoms with van der Waals surface area (Å²) < 4.78 is 54.7. The molecule has 3 aromatic carbocycles. The second-order valence-corrected chi connectivity index (χ2v) is 9.97. The van der Waals surface area contributed by atoms with Crippen molar-refractivity contribution in [2.75, 3.05) is 5.32 Å². The first-order valence-electron chi connectivity index (χ1n) is 11.3. The summed E-state index contributed by atoms with van der Waals surface area (Å²) in [4.78, 5) is 14.2. The van der Waals surface area contributed by atoms with E-state index in [1.54, 1.807) is 23.5 Å². The van der Waals surface area contributed by atoms with E-state index in [-0.39, 0.29) is 5.56 Å². The van der Waals surface area contributed by atoms with Gasteiger partial charge in [-0.2, -0.15) is 13.2 Å². The Morgan fingerprint density at radius 2 is 1.81 bits per heavy atom. The van der Waals surface area contributed by atoms with Crippen molar-refractivity contribution in [3.05, 3.63) is 83.7 Å². The molecule has 1 amide bonds. The number of aromatic nitrogens is 4. The second kappa shape index (κ2) is 8.48. The largest absolute Gasteiger partial charge is 0.416 e. The van der Waals surface area contributed by atoms with E-state index in [0.29, 0.717) is 36.0 Å². The predicted octanol–water partition coefficient (Wildman–Crippen LogP) is 6.58. The van der Waals surface area contributed by atoms with Crippen molar-refractivity contribution in [3.8, 4) is 21.8 Å². The zero-order valence-electron chi connectivity index (χ0n) is 18.9. The summed E-state index contributed by atoms with van der Waals surface area (Å²) in [6, 6.07) is 17.6. The SMILES string of the molecule is O=C(Nc1ccc(-c2cc3ccccc3s2)c(-c2nnn[nH]2)c1)C1(c2ccc(C(F)(F)F)cc2F)CC1. The lowest BCUT2D eigenvalue weighted by Gasteiger charge is -2.18. The number of alkyl halides is 3. The predicted molar refractivity (Wildman–Crippen MR) is 131 cm³/mol. The fourth-order valence-corrected chi connectivity index (χ4v) is 5.60. The molecule has 11 heteroatoms. The molecule has 2 heterocycles. The molecule has 1 fully saturated rings. The summed E-state index contributed by atoms with van der Waals surface area (Å²) in [5.41, 5.74) is -0.411. The third-order valence-electron chi connectivity index (χ3n) is 6.57. The number of nitrogens with one attached hydrogen (secondary N) is 2. The Balaban J connectivity index is 1.33. The number of anilines is 1. The van der Waals surface area contributed by atoms with Crippen LogP contribution >= 0.6 is 11.3 Å². The van der Waals surface area contributed by atoms with Gasteiger partial charge in [0.15, 0.2) is 5.82 Å². The van der Waals surface area contributed by atoms with Crippen molar-refractivity contribution in [1.29, 1.82) is 0 Å². The second-order valence-electron chi connectivity index (χ2n) is 8.89. The molecular weight excluding hydrogens is 506 g/mol. The van der Waals surface area contributed by atoms with Gasteiger partial charge in [-0.25, -0.2) is 9.49 Å². The summed E-state index contributed by atoms with van der Waals surface area (Å²) in [6.45, 7) is 0. The molecule has 6 rings (SSSR count).